The topological polar surface area (TPSA) is 45.8 Å². The van der Waals surface area contributed by atoms with E-state index < -0.39 is 11.7 Å². The van der Waals surface area contributed by atoms with Gasteiger partial charge in [-0.2, -0.15) is 24.9 Å². The van der Waals surface area contributed by atoms with Gasteiger partial charge in [-0.15, -0.1) is 11.8 Å². The Kier molecular flexibility index (Phi) is 3.92. The fraction of sp³-hybridized carbons (Fsp3) is 0.385. The number of aromatic nitrogens is 2. The summed E-state index contributed by atoms with van der Waals surface area (Å²) in [5.74, 6) is 3.25. The minimum absolute atomic E-state index is 0.0235. The molecule has 1 aromatic carbocycles. The third-order valence-corrected chi connectivity index (χ3v) is 5.94. The number of thioether (sulfide) groups is 2. The molecule has 3 nitrogen and oxygen atoms in total. The number of fused-ring (bicyclic) bond motifs is 1. The molecule has 1 saturated heterocycles. The number of alkyl halides is 3. The Hall–Kier alpha value is -1.15. The maximum atomic E-state index is 12.8. The van der Waals surface area contributed by atoms with Crippen molar-refractivity contribution in [2.24, 2.45) is 0 Å². The monoisotopic (exact) mass is 332 g/mol. The average Bonchev–Trinajstić information content (AvgIpc) is 2.46. The van der Waals surface area contributed by atoms with Crippen LogP contribution in [0.25, 0.3) is 10.9 Å². The number of hydrogen-bond acceptors (Lipinski definition) is 4. The molecule has 1 unspecified atom stereocenters. The standard InChI is InChI=1S/C13H11F3N2OS2/c14-13(15,16)7-1-2-8-9(5-7)17-11(18-12(8)19)10-6-20-3-4-21-10/h1-2,5,10H,3-4,6H2,(H,17,18,19). The first-order valence-electron chi connectivity index (χ1n) is 6.25. The second-order valence-corrected chi connectivity index (χ2v) is 7.08. The number of nitrogens with one attached hydrogen (secondary N) is 1. The van der Waals surface area contributed by atoms with Crippen molar-refractivity contribution in [3.8, 4) is 0 Å². The van der Waals surface area contributed by atoms with Crippen LogP contribution in [0, 0.1) is 0 Å². The molecule has 8 heteroatoms. The second-order valence-electron chi connectivity index (χ2n) is 4.62. The van der Waals surface area contributed by atoms with E-state index in [1.54, 1.807) is 23.5 Å². The van der Waals surface area contributed by atoms with Crippen LogP contribution in [0.2, 0.25) is 0 Å². The van der Waals surface area contributed by atoms with E-state index in [1.165, 1.54) is 6.07 Å². The van der Waals surface area contributed by atoms with Crippen LogP contribution >= 0.6 is 23.5 Å². The van der Waals surface area contributed by atoms with Crippen LogP contribution in [-0.2, 0) is 6.18 Å². The summed E-state index contributed by atoms with van der Waals surface area (Å²) in [5.41, 5.74) is -1.08. The third-order valence-electron chi connectivity index (χ3n) is 3.17. The molecule has 1 fully saturated rings. The predicted octanol–water partition coefficient (Wildman–Crippen LogP) is 3.46. The van der Waals surface area contributed by atoms with Crippen LogP contribution in [0.4, 0.5) is 13.2 Å². The average molecular weight is 332 g/mol. The molecule has 1 aliphatic heterocycles. The van der Waals surface area contributed by atoms with Gasteiger partial charge in [-0.05, 0) is 18.2 Å². The Morgan fingerprint density at radius 1 is 1.29 bits per heavy atom. The van der Waals surface area contributed by atoms with E-state index in [0.717, 1.165) is 29.4 Å². The highest BCUT2D eigenvalue weighted by Crippen LogP contribution is 2.35. The summed E-state index contributed by atoms with van der Waals surface area (Å²) in [6, 6.07) is 3.02. The molecule has 1 N–H and O–H groups in total. The first-order chi connectivity index (χ1) is 9.95. The fourth-order valence-electron chi connectivity index (χ4n) is 2.13. The van der Waals surface area contributed by atoms with Crippen LogP contribution in [0.15, 0.2) is 23.0 Å². The number of halogens is 3. The van der Waals surface area contributed by atoms with Gasteiger partial charge in [0.15, 0.2) is 0 Å². The summed E-state index contributed by atoms with van der Waals surface area (Å²) in [6.07, 6.45) is -4.44. The van der Waals surface area contributed by atoms with Crippen molar-refractivity contribution < 1.29 is 13.2 Å². The number of benzene rings is 1. The fourth-order valence-corrected chi connectivity index (χ4v) is 4.75. The molecule has 112 valence electrons. The number of aromatic amines is 1. The number of rotatable bonds is 1. The largest absolute Gasteiger partial charge is 0.416 e. The minimum Gasteiger partial charge on any atom is -0.309 e. The maximum absolute atomic E-state index is 12.8. The molecule has 1 aliphatic rings. The highest BCUT2D eigenvalue weighted by molar-refractivity contribution is 8.06. The van der Waals surface area contributed by atoms with Gasteiger partial charge in [0.1, 0.15) is 5.82 Å². The smallest absolute Gasteiger partial charge is 0.309 e. The van der Waals surface area contributed by atoms with Crippen LogP contribution in [0.5, 0.6) is 0 Å². The molecule has 0 saturated carbocycles. The zero-order valence-corrected chi connectivity index (χ0v) is 12.4. The van der Waals surface area contributed by atoms with E-state index in [0.29, 0.717) is 5.82 Å². The molecule has 0 aliphatic carbocycles. The first kappa shape index (κ1) is 14.8. The first-order valence-corrected chi connectivity index (χ1v) is 8.46. The molecule has 0 bridgehead atoms. The molecule has 21 heavy (non-hydrogen) atoms. The van der Waals surface area contributed by atoms with Crippen LogP contribution in [-0.4, -0.2) is 27.2 Å². The van der Waals surface area contributed by atoms with Gasteiger partial charge in [0, 0.05) is 17.3 Å². The van der Waals surface area contributed by atoms with Crippen LogP contribution < -0.4 is 5.56 Å². The molecule has 3 rings (SSSR count). The van der Waals surface area contributed by atoms with E-state index >= 15 is 0 Å². The Balaban J connectivity index is 2.10. The lowest BCUT2D eigenvalue weighted by molar-refractivity contribution is -0.137. The van der Waals surface area contributed by atoms with E-state index in [4.69, 9.17) is 0 Å². The highest BCUT2D eigenvalue weighted by atomic mass is 32.2. The summed E-state index contributed by atoms with van der Waals surface area (Å²) in [5, 5.41) is 0.204. The summed E-state index contributed by atoms with van der Waals surface area (Å²) in [7, 11) is 0. The lowest BCUT2D eigenvalue weighted by Gasteiger charge is -2.20. The molecule has 2 aromatic rings. The third kappa shape index (κ3) is 3.06. The molecule has 0 amide bonds. The summed E-state index contributed by atoms with van der Waals surface area (Å²) >= 11 is 3.42. The number of H-pyrrole nitrogens is 1. The van der Waals surface area contributed by atoms with Gasteiger partial charge in [-0.1, -0.05) is 0 Å². The Labute approximate surface area is 126 Å². The molecule has 1 aromatic heterocycles. The maximum Gasteiger partial charge on any atom is 0.416 e. The lowest BCUT2D eigenvalue weighted by Crippen LogP contribution is -2.17. The van der Waals surface area contributed by atoms with Crippen molar-refractivity contribution in [3.63, 3.8) is 0 Å². The summed E-state index contributed by atoms with van der Waals surface area (Å²) in [4.78, 5) is 19.0. The van der Waals surface area contributed by atoms with E-state index in [-0.39, 0.29) is 21.7 Å². The van der Waals surface area contributed by atoms with Gasteiger partial charge in [-0.3, -0.25) is 4.79 Å². The quantitative estimate of drug-likeness (QED) is 0.869. The molecule has 1 atom stereocenters. The predicted molar refractivity (Wildman–Crippen MR) is 79.9 cm³/mol. The zero-order valence-electron chi connectivity index (χ0n) is 10.7. The molecule has 0 spiro atoms. The van der Waals surface area contributed by atoms with Gasteiger partial charge >= 0.3 is 6.18 Å². The highest BCUT2D eigenvalue weighted by Gasteiger charge is 2.31. The summed E-state index contributed by atoms with van der Waals surface area (Å²) < 4.78 is 38.3. The van der Waals surface area contributed by atoms with Gasteiger partial charge in [-0.25, -0.2) is 4.98 Å². The van der Waals surface area contributed by atoms with Crippen molar-refractivity contribution in [3.05, 3.63) is 39.9 Å². The minimum atomic E-state index is -4.44. The van der Waals surface area contributed by atoms with Crippen molar-refractivity contribution >= 4 is 34.4 Å². The van der Waals surface area contributed by atoms with Crippen molar-refractivity contribution in [2.45, 2.75) is 11.4 Å². The Bertz CT molecular complexity index is 723. The van der Waals surface area contributed by atoms with Gasteiger partial charge < -0.3 is 4.98 Å². The Morgan fingerprint density at radius 3 is 2.76 bits per heavy atom. The molecule has 2 heterocycles. The van der Waals surface area contributed by atoms with Gasteiger partial charge in [0.25, 0.3) is 5.56 Å². The Morgan fingerprint density at radius 2 is 2.10 bits per heavy atom. The lowest BCUT2D eigenvalue weighted by atomic mass is 10.1. The van der Waals surface area contributed by atoms with Crippen molar-refractivity contribution in [1.82, 2.24) is 9.97 Å². The van der Waals surface area contributed by atoms with Crippen molar-refractivity contribution in [1.29, 1.82) is 0 Å². The SMILES string of the molecule is O=c1[nH]c(C2CSCCS2)nc2cc(C(F)(F)F)ccc12. The van der Waals surface area contributed by atoms with E-state index in [9.17, 15) is 18.0 Å². The second kappa shape index (κ2) is 5.57. The van der Waals surface area contributed by atoms with E-state index in [1.807, 2.05) is 0 Å². The molecular formula is C13H11F3N2OS2. The van der Waals surface area contributed by atoms with Crippen LogP contribution in [0.3, 0.4) is 0 Å². The number of hydrogen-bond donors (Lipinski definition) is 1. The van der Waals surface area contributed by atoms with E-state index in [2.05, 4.69) is 9.97 Å². The van der Waals surface area contributed by atoms with Crippen LogP contribution in [0.1, 0.15) is 16.6 Å². The normalized spacial score (nSPS) is 19.9. The van der Waals surface area contributed by atoms with Gasteiger partial charge in [0.05, 0.1) is 21.7 Å². The summed E-state index contributed by atoms with van der Waals surface area (Å²) in [6.45, 7) is 0. The molecular weight excluding hydrogens is 321 g/mol. The molecule has 0 radical (unpaired) electrons. The van der Waals surface area contributed by atoms with Crippen molar-refractivity contribution in [2.75, 3.05) is 17.3 Å². The van der Waals surface area contributed by atoms with Gasteiger partial charge in [0.2, 0.25) is 0 Å². The number of nitrogens with zero attached hydrogens (tertiary/aromatic N) is 1. The zero-order chi connectivity index (χ0) is 15.0.